The van der Waals surface area contributed by atoms with Gasteiger partial charge in [-0.3, -0.25) is 0 Å². The van der Waals surface area contributed by atoms with Gasteiger partial charge in [0.2, 0.25) is 0 Å². The maximum absolute atomic E-state index is 3.65. The van der Waals surface area contributed by atoms with Crippen LogP contribution in [0.15, 0.2) is 24.3 Å². The normalized spacial score (nSPS) is 23.2. The second kappa shape index (κ2) is 7.06. The lowest BCUT2D eigenvalue weighted by Gasteiger charge is -2.26. The van der Waals surface area contributed by atoms with E-state index in [1.807, 2.05) is 0 Å². The van der Waals surface area contributed by atoms with Crippen LogP contribution in [0.5, 0.6) is 0 Å². The first kappa shape index (κ1) is 14.5. The Morgan fingerprint density at radius 2 is 2.05 bits per heavy atom. The van der Waals surface area contributed by atoms with Crippen molar-refractivity contribution in [1.29, 1.82) is 0 Å². The second-order valence-corrected chi connectivity index (χ2v) is 5.98. The van der Waals surface area contributed by atoms with Gasteiger partial charge < -0.3 is 10.2 Å². The van der Waals surface area contributed by atoms with Crippen molar-refractivity contribution in [3.63, 3.8) is 0 Å². The molecule has 1 aromatic rings. The average Bonchev–Trinajstić information content (AvgIpc) is 2.80. The number of aryl methyl sites for hydroxylation is 1. The van der Waals surface area contributed by atoms with E-state index in [1.165, 1.54) is 36.9 Å². The zero-order valence-electron chi connectivity index (χ0n) is 12.7. The van der Waals surface area contributed by atoms with Crippen LogP contribution in [-0.2, 0) is 6.54 Å². The summed E-state index contributed by atoms with van der Waals surface area (Å²) < 4.78 is 0. The highest BCUT2D eigenvalue weighted by atomic mass is 15.1. The van der Waals surface area contributed by atoms with E-state index in [2.05, 4.69) is 55.4 Å². The van der Waals surface area contributed by atoms with E-state index in [1.54, 1.807) is 0 Å². The van der Waals surface area contributed by atoms with E-state index in [-0.39, 0.29) is 0 Å². The number of hydrogen-bond acceptors (Lipinski definition) is 2. The Morgan fingerprint density at radius 1 is 1.26 bits per heavy atom. The average molecular weight is 260 g/mol. The molecule has 0 saturated heterocycles. The van der Waals surface area contributed by atoms with Crippen molar-refractivity contribution in [3.05, 3.63) is 35.4 Å². The monoisotopic (exact) mass is 260 g/mol. The second-order valence-electron chi connectivity index (χ2n) is 5.98. The zero-order valence-corrected chi connectivity index (χ0v) is 12.7. The Balaban J connectivity index is 1.87. The standard InChI is InChI=1S/C17H28N2/c1-4-18-17-11-7-10-16(17)13-19(3)12-15-9-6-5-8-14(15)2/h5-6,8-9,16-18H,4,7,10-13H2,1-3H3. The van der Waals surface area contributed by atoms with E-state index in [9.17, 15) is 0 Å². The summed E-state index contributed by atoms with van der Waals surface area (Å²) in [4.78, 5) is 2.49. The van der Waals surface area contributed by atoms with Crippen molar-refractivity contribution in [2.75, 3.05) is 20.1 Å². The van der Waals surface area contributed by atoms with Gasteiger partial charge in [-0.15, -0.1) is 0 Å². The van der Waals surface area contributed by atoms with E-state index < -0.39 is 0 Å². The summed E-state index contributed by atoms with van der Waals surface area (Å²) in [6.45, 7) is 7.81. The topological polar surface area (TPSA) is 15.3 Å². The molecule has 0 bridgehead atoms. The lowest BCUT2D eigenvalue weighted by atomic mass is 10.0. The lowest BCUT2D eigenvalue weighted by Crippen LogP contribution is -2.38. The molecule has 0 heterocycles. The fourth-order valence-electron chi connectivity index (χ4n) is 3.33. The molecular weight excluding hydrogens is 232 g/mol. The number of nitrogens with one attached hydrogen (secondary N) is 1. The first-order chi connectivity index (χ1) is 9.20. The summed E-state index contributed by atoms with van der Waals surface area (Å²) in [6, 6.07) is 9.47. The Hall–Kier alpha value is -0.860. The molecule has 1 aliphatic carbocycles. The molecule has 0 aromatic heterocycles. The van der Waals surface area contributed by atoms with E-state index in [4.69, 9.17) is 0 Å². The van der Waals surface area contributed by atoms with E-state index >= 15 is 0 Å². The van der Waals surface area contributed by atoms with Gasteiger partial charge in [-0.25, -0.2) is 0 Å². The molecule has 0 amide bonds. The molecule has 2 unspecified atom stereocenters. The number of hydrogen-bond donors (Lipinski definition) is 1. The van der Waals surface area contributed by atoms with Gasteiger partial charge >= 0.3 is 0 Å². The van der Waals surface area contributed by atoms with E-state index in [0.717, 1.165) is 25.0 Å². The molecule has 1 saturated carbocycles. The summed E-state index contributed by atoms with van der Waals surface area (Å²) in [6.07, 6.45) is 4.13. The SMILES string of the molecule is CCNC1CCCC1CN(C)Cc1ccccc1C. The minimum Gasteiger partial charge on any atom is -0.314 e. The van der Waals surface area contributed by atoms with Gasteiger partial charge in [0, 0.05) is 19.1 Å². The van der Waals surface area contributed by atoms with Crippen LogP contribution in [0.4, 0.5) is 0 Å². The van der Waals surface area contributed by atoms with Gasteiger partial charge in [-0.2, -0.15) is 0 Å². The van der Waals surface area contributed by atoms with Crippen LogP contribution < -0.4 is 5.32 Å². The smallest absolute Gasteiger partial charge is 0.0233 e. The molecule has 0 aliphatic heterocycles. The highest BCUT2D eigenvalue weighted by molar-refractivity contribution is 5.25. The van der Waals surface area contributed by atoms with Crippen molar-refractivity contribution >= 4 is 0 Å². The largest absolute Gasteiger partial charge is 0.314 e. The molecule has 2 rings (SSSR count). The minimum absolute atomic E-state index is 0.740. The molecule has 1 aliphatic rings. The zero-order chi connectivity index (χ0) is 13.7. The van der Waals surface area contributed by atoms with Crippen LogP contribution in [0.25, 0.3) is 0 Å². The van der Waals surface area contributed by atoms with Crippen molar-refractivity contribution in [2.24, 2.45) is 5.92 Å². The van der Waals surface area contributed by atoms with Gasteiger partial charge in [0.1, 0.15) is 0 Å². The van der Waals surface area contributed by atoms with Crippen LogP contribution in [0.3, 0.4) is 0 Å². The molecule has 19 heavy (non-hydrogen) atoms. The van der Waals surface area contributed by atoms with Crippen molar-refractivity contribution < 1.29 is 0 Å². The Kier molecular flexibility index (Phi) is 5.41. The molecule has 0 radical (unpaired) electrons. The van der Waals surface area contributed by atoms with Gasteiger partial charge in [0.05, 0.1) is 0 Å². The third-order valence-electron chi connectivity index (χ3n) is 4.37. The van der Waals surface area contributed by atoms with Crippen LogP contribution in [0.2, 0.25) is 0 Å². The van der Waals surface area contributed by atoms with Crippen LogP contribution >= 0.6 is 0 Å². The third kappa shape index (κ3) is 4.05. The Morgan fingerprint density at radius 3 is 2.79 bits per heavy atom. The maximum Gasteiger partial charge on any atom is 0.0233 e. The summed E-state index contributed by atoms with van der Waals surface area (Å²) in [5.74, 6) is 0.828. The van der Waals surface area contributed by atoms with Crippen LogP contribution in [-0.4, -0.2) is 31.1 Å². The number of rotatable bonds is 6. The minimum atomic E-state index is 0.740. The molecule has 1 aromatic carbocycles. The molecule has 1 fully saturated rings. The molecule has 0 spiro atoms. The molecule has 1 N–H and O–H groups in total. The van der Waals surface area contributed by atoms with Crippen LogP contribution in [0, 0.1) is 12.8 Å². The highest BCUT2D eigenvalue weighted by Crippen LogP contribution is 2.26. The molecule has 2 heteroatoms. The van der Waals surface area contributed by atoms with E-state index in [0.29, 0.717) is 0 Å². The summed E-state index contributed by atoms with van der Waals surface area (Å²) in [5, 5.41) is 3.65. The number of benzene rings is 1. The quantitative estimate of drug-likeness (QED) is 0.845. The first-order valence-corrected chi connectivity index (χ1v) is 7.67. The van der Waals surface area contributed by atoms with Gasteiger partial charge in [-0.1, -0.05) is 37.6 Å². The van der Waals surface area contributed by atoms with Gasteiger partial charge in [-0.05, 0) is 50.4 Å². The molecule has 106 valence electrons. The first-order valence-electron chi connectivity index (χ1n) is 7.67. The van der Waals surface area contributed by atoms with Gasteiger partial charge in [0.15, 0.2) is 0 Å². The summed E-state index contributed by atoms with van der Waals surface area (Å²) >= 11 is 0. The predicted octanol–water partition coefficient (Wildman–Crippen LogP) is 3.21. The van der Waals surface area contributed by atoms with Crippen LogP contribution in [0.1, 0.15) is 37.3 Å². The van der Waals surface area contributed by atoms with Crippen molar-refractivity contribution in [3.8, 4) is 0 Å². The fraction of sp³-hybridized carbons (Fsp3) is 0.647. The van der Waals surface area contributed by atoms with Gasteiger partial charge in [0.25, 0.3) is 0 Å². The summed E-state index contributed by atoms with van der Waals surface area (Å²) in [7, 11) is 2.26. The molecule has 2 nitrogen and oxygen atoms in total. The summed E-state index contributed by atoms with van der Waals surface area (Å²) in [5.41, 5.74) is 2.87. The predicted molar refractivity (Wildman–Crippen MR) is 82.3 cm³/mol. The maximum atomic E-state index is 3.65. The highest BCUT2D eigenvalue weighted by Gasteiger charge is 2.27. The third-order valence-corrected chi connectivity index (χ3v) is 4.37. The van der Waals surface area contributed by atoms with Crippen molar-refractivity contribution in [1.82, 2.24) is 10.2 Å². The van der Waals surface area contributed by atoms with Crippen molar-refractivity contribution in [2.45, 2.75) is 45.7 Å². The fourth-order valence-corrected chi connectivity index (χ4v) is 3.33. The Bertz CT molecular complexity index is 389. The molecular formula is C17H28N2. The Labute approximate surface area is 118 Å². The lowest BCUT2D eigenvalue weighted by molar-refractivity contribution is 0.245. The molecule has 2 atom stereocenters. The number of nitrogens with zero attached hydrogens (tertiary/aromatic N) is 1.